The molecule has 0 aliphatic rings. The van der Waals surface area contributed by atoms with Crippen molar-refractivity contribution in [2.24, 2.45) is 5.92 Å². The molecule has 0 saturated carbocycles. The quantitative estimate of drug-likeness (QED) is 0.689. The molecule has 0 N–H and O–H groups in total. The number of rotatable bonds is 8. The van der Waals surface area contributed by atoms with Crippen LogP contribution in [0.1, 0.15) is 25.8 Å². The summed E-state index contributed by atoms with van der Waals surface area (Å²) in [5.41, 5.74) is 0.860. The smallest absolute Gasteiger partial charge is 0.282 e. The fourth-order valence-corrected chi connectivity index (χ4v) is 3.28. The highest BCUT2D eigenvalue weighted by atomic mass is 32.2. The van der Waals surface area contributed by atoms with Crippen molar-refractivity contribution in [2.45, 2.75) is 32.9 Å². The number of aldehydes is 1. The van der Waals surface area contributed by atoms with E-state index in [4.69, 9.17) is 0 Å². The third-order valence-corrected chi connectivity index (χ3v) is 5.09. The Kier molecular flexibility index (Phi) is 6.51. The van der Waals surface area contributed by atoms with E-state index in [0.717, 1.165) is 16.2 Å². The zero-order valence-corrected chi connectivity index (χ0v) is 13.9. The van der Waals surface area contributed by atoms with Crippen LogP contribution in [-0.4, -0.2) is 43.5 Å². The third-order valence-electron chi connectivity index (χ3n) is 3.18. The molecule has 0 aliphatic carbocycles. The van der Waals surface area contributed by atoms with Gasteiger partial charge in [0.25, 0.3) is 10.2 Å². The molecule has 0 heterocycles. The third kappa shape index (κ3) is 4.91. The second kappa shape index (κ2) is 7.68. The molecule has 0 amide bonds. The Morgan fingerprint density at radius 3 is 2.14 bits per heavy atom. The average molecular weight is 312 g/mol. The fourth-order valence-electron chi connectivity index (χ4n) is 2.07. The van der Waals surface area contributed by atoms with Crippen molar-refractivity contribution in [3.63, 3.8) is 0 Å². The molecule has 1 rings (SSSR count). The van der Waals surface area contributed by atoms with Gasteiger partial charge in [-0.2, -0.15) is 17.0 Å². The largest absolute Gasteiger partial charge is 0.302 e. The lowest BCUT2D eigenvalue weighted by molar-refractivity contribution is -0.111. The summed E-state index contributed by atoms with van der Waals surface area (Å²) < 4.78 is 27.4. The Balaban J connectivity index is 3.13. The first-order valence-corrected chi connectivity index (χ1v) is 8.37. The molecule has 0 fully saturated rings. The van der Waals surface area contributed by atoms with E-state index in [0.29, 0.717) is 6.42 Å². The van der Waals surface area contributed by atoms with Crippen LogP contribution in [0.5, 0.6) is 0 Å². The van der Waals surface area contributed by atoms with Crippen molar-refractivity contribution < 1.29 is 13.2 Å². The minimum Gasteiger partial charge on any atom is -0.302 e. The van der Waals surface area contributed by atoms with Crippen molar-refractivity contribution in [1.82, 2.24) is 8.61 Å². The first-order valence-electron chi connectivity index (χ1n) is 6.97. The highest BCUT2D eigenvalue weighted by Crippen LogP contribution is 2.19. The molecule has 21 heavy (non-hydrogen) atoms. The van der Waals surface area contributed by atoms with Gasteiger partial charge < -0.3 is 4.79 Å². The highest BCUT2D eigenvalue weighted by molar-refractivity contribution is 7.86. The van der Waals surface area contributed by atoms with Crippen LogP contribution < -0.4 is 0 Å². The van der Waals surface area contributed by atoms with Crippen LogP contribution in [-0.2, 0) is 21.5 Å². The number of carbonyl (C=O) groups is 1. The number of hydrogen-bond acceptors (Lipinski definition) is 3. The minimum atomic E-state index is -3.66. The van der Waals surface area contributed by atoms with Gasteiger partial charge >= 0.3 is 0 Å². The summed E-state index contributed by atoms with van der Waals surface area (Å²) in [6.07, 6.45) is 1.23. The molecule has 0 bridgehead atoms. The molecule has 6 heteroatoms. The topological polar surface area (TPSA) is 57.7 Å². The summed E-state index contributed by atoms with van der Waals surface area (Å²) in [6.45, 7) is 4.14. The van der Waals surface area contributed by atoms with Crippen LogP contribution in [0.2, 0.25) is 0 Å². The molecule has 1 atom stereocenters. The molecule has 5 nitrogen and oxygen atoms in total. The molecule has 0 saturated heterocycles. The lowest BCUT2D eigenvalue weighted by atomic mass is 10.0. The van der Waals surface area contributed by atoms with Gasteiger partial charge in [-0.25, -0.2) is 0 Å². The zero-order chi connectivity index (χ0) is 16.0. The highest BCUT2D eigenvalue weighted by Gasteiger charge is 2.32. The molecule has 1 aromatic carbocycles. The van der Waals surface area contributed by atoms with E-state index in [2.05, 4.69) is 0 Å². The lowest BCUT2D eigenvalue weighted by Crippen LogP contribution is -2.46. The molecule has 0 radical (unpaired) electrons. The molecule has 0 aliphatic heterocycles. The normalized spacial score (nSPS) is 13.9. The first-order chi connectivity index (χ1) is 9.78. The summed E-state index contributed by atoms with van der Waals surface area (Å²) in [7, 11) is -0.705. The summed E-state index contributed by atoms with van der Waals surface area (Å²) >= 11 is 0. The zero-order valence-electron chi connectivity index (χ0n) is 13.1. The van der Waals surface area contributed by atoms with Crippen LogP contribution in [0.4, 0.5) is 0 Å². The van der Waals surface area contributed by atoms with E-state index in [1.54, 1.807) is 0 Å². The summed E-state index contributed by atoms with van der Waals surface area (Å²) in [5.74, 6) is 0.232. The molecule has 1 unspecified atom stereocenters. The Bertz CT molecular complexity index is 541. The van der Waals surface area contributed by atoms with Gasteiger partial charge in [0.1, 0.15) is 6.29 Å². The van der Waals surface area contributed by atoms with E-state index in [1.165, 1.54) is 18.4 Å². The van der Waals surface area contributed by atoms with E-state index >= 15 is 0 Å². The number of benzene rings is 1. The maximum Gasteiger partial charge on any atom is 0.282 e. The first kappa shape index (κ1) is 17.8. The van der Waals surface area contributed by atoms with E-state index in [1.807, 2.05) is 44.2 Å². The predicted molar refractivity (Wildman–Crippen MR) is 83.9 cm³/mol. The van der Waals surface area contributed by atoms with Crippen molar-refractivity contribution in [3.05, 3.63) is 35.9 Å². The SMILES string of the molecule is CC(C)CC(C=O)N(Cc1ccccc1)S(=O)(=O)N(C)C. The molecule has 0 aromatic heterocycles. The van der Waals surface area contributed by atoms with E-state index in [-0.39, 0.29) is 12.5 Å². The summed E-state index contributed by atoms with van der Waals surface area (Å²) in [4.78, 5) is 11.4. The van der Waals surface area contributed by atoms with E-state index in [9.17, 15) is 13.2 Å². The number of nitrogens with zero attached hydrogens (tertiary/aromatic N) is 2. The van der Waals surface area contributed by atoms with Crippen molar-refractivity contribution in [1.29, 1.82) is 0 Å². The van der Waals surface area contributed by atoms with Gasteiger partial charge in [0.15, 0.2) is 0 Å². The predicted octanol–water partition coefficient (Wildman–Crippen LogP) is 1.91. The second-order valence-corrected chi connectivity index (χ2v) is 7.75. The van der Waals surface area contributed by atoms with Gasteiger partial charge in [-0.1, -0.05) is 44.2 Å². The van der Waals surface area contributed by atoms with Gasteiger partial charge in [0.2, 0.25) is 0 Å². The Morgan fingerprint density at radius 1 is 1.14 bits per heavy atom. The number of carbonyl (C=O) groups excluding carboxylic acids is 1. The van der Waals surface area contributed by atoms with Crippen LogP contribution >= 0.6 is 0 Å². The minimum absolute atomic E-state index is 0.192. The Morgan fingerprint density at radius 2 is 1.71 bits per heavy atom. The average Bonchev–Trinajstić information content (AvgIpc) is 2.43. The Labute approximate surface area is 127 Å². The van der Waals surface area contributed by atoms with Gasteiger partial charge in [0, 0.05) is 20.6 Å². The van der Waals surface area contributed by atoms with Gasteiger partial charge in [0.05, 0.1) is 6.04 Å². The van der Waals surface area contributed by atoms with Gasteiger partial charge in [-0.15, -0.1) is 0 Å². The fraction of sp³-hybridized carbons (Fsp3) is 0.533. The Hall–Kier alpha value is -1.24. The monoisotopic (exact) mass is 312 g/mol. The van der Waals surface area contributed by atoms with Crippen molar-refractivity contribution in [3.8, 4) is 0 Å². The maximum atomic E-state index is 12.5. The van der Waals surface area contributed by atoms with E-state index < -0.39 is 16.3 Å². The summed E-state index contributed by atoms with van der Waals surface area (Å²) in [6, 6.07) is 8.64. The molecule has 118 valence electrons. The maximum absolute atomic E-state index is 12.5. The van der Waals surface area contributed by atoms with Crippen LogP contribution in [0, 0.1) is 5.92 Å². The van der Waals surface area contributed by atoms with Gasteiger partial charge in [-0.3, -0.25) is 0 Å². The molecular formula is C15H24N2O3S. The molecule has 0 spiro atoms. The standard InChI is InChI=1S/C15H24N2O3S/c1-13(2)10-15(12-18)17(21(19,20)16(3)4)11-14-8-6-5-7-9-14/h5-9,12-13,15H,10-11H2,1-4H3. The lowest BCUT2D eigenvalue weighted by Gasteiger charge is -2.30. The van der Waals surface area contributed by atoms with Crippen LogP contribution in [0.25, 0.3) is 0 Å². The second-order valence-electron chi connectivity index (χ2n) is 5.65. The van der Waals surface area contributed by atoms with Crippen LogP contribution in [0.3, 0.4) is 0 Å². The molecule has 1 aromatic rings. The summed E-state index contributed by atoms with van der Waals surface area (Å²) in [5, 5.41) is 0. The van der Waals surface area contributed by atoms with Crippen molar-refractivity contribution in [2.75, 3.05) is 14.1 Å². The molecular weight excluding hydrogens is 288 g/mol. The van der Waals surface area contributed by atoms with Crippen molar-refractivity contribution >= 4 is 16.5 Å². The number of hydrogen-bond donors (Lipinski definition) is 0. The van der Waals surface area contributed by atoms with Crippen LogP contribution in [0.15, 0.2) is 30.3 Å². The van der Waals surface area contributed by atoms with Gasteiger partial charge in [-0.05, 0) is 17.9 Å².